The lowest BCUT2D eigenvalue weighted by Gasteiger charge is -2.28. The third-order valence-electron chi connectivity index (χ3n) is 11.5. The van der Waals surface area contributed by atoms with Gasteiger partial charge in [0.05, 0.1) is 25.9 Å². The van der Waals surface area contributed by atoms with Crippen LogP contribution >= 0.6 is 0 Å². The zero-order chi connectivity index (χ0) is 44.3. The smallest absolute Gasteiger partial charge is 0.338 e. The van der Waals surface area contributed by atoms with E-state index < -0.39 is 11.6 Å². The summed E-state index contributed by atoms with van der Waals surface area (Å²) in [4.78, 5) is 26.0. The summed E-state index contributed by atoms with van der Waals surface area (Å²) in [6, 6.07) is 62.3. The summed E-state index contributed by atoms with van der Waals surface area (Å²) in [5.74, 6) is 0.509. The Bertz CT molecular complexity index is 2850. The number of methoxy groups -OCH3 is 1. The third-order valence-corrected chi connectivity index (χ3v) is 11.5. The fraction of sp³-hybridized carbons (Fsp3) is 0.140. The van der Waals surface area contributed by atoms with E-state index in [0.29, 0.717) is 52.5 Å². The lowest BCUT2D eigenvalue weighted by molar-refractivity contribution is -0.138. The lowest BCUT2D eigenvalue weighted by atomic mass is 9.83. The Labute approximate surface area is 374 Å². The first kappa shape index (κ1) is 42.9. The Morgan fingerprint density at radius 2 is 1.05 bits per heavy atom. The van der Waals surface area contributed by atoms with Crippen molar-refractivity contribution in [3.05, 3.63) is 249 Å². The predicted octanol–water partition coefficient (Wildman–Crippen LogP) is 11.1. The highest BCUT2D eigenvalue weighted by atomic mass is 16.5. The first-order chi connectivity index (χ1) is 31.4. The largest absolute Gasteiger partial charge is 0.494 e. The van der Waals surface area contributed by atoms with Crippen molar-refractivity contribution in [2.24, 2.45) is 0 Å². The van der Waals surface area contributed by atoms with Gasteiger partial charge in [0, 0.05) is 22.3 Å². The first-order valence-corrected chi connectivity index (χ1v) is 21.4. The monoisotopic (exact) mass is 841 g/mol. The van der Waals surface area contributed by atoms with E-state index in [9.17, 15) is 20.0 Å². The summed E-state index contributed by atoms with van der Waals surface area (Å²) in [6.07, 6.45) is 3.63. The van der Waals surface area contributed by atoms with Gasteiger partial charge >= 0.3 is 5.97 Å². The van der Waals surface area contributed by atoms with Crippen molar-refractivity contribution in [3.8, 4) is 17.6 Å². The van der Waals surface area contributed by atoms with Crippen molar-refractivity contribution in [1.82, 2.24) is 0 Å². The number of benzene rings is 7. The molecule has 0 aliphatic heterocycles. The van der Waals surface area contributed by atoms with Crippen LogP contribution in [-0.2, 0) is 28.0 Å². The van der Waals surface area contributed by atoms with Crippen LogP contribution in [0.1, 0.15) is 67.7 Å². The third kappa shape index (κ3) is 9.05. The number of nitriles is 1. The fourth-order valence-corrected chi connectivity index (χ4v) is 8.45. The molecule has 0 saturated heterocycles. The van der Waals surface area contributed by atoms with Crippen LogP contribution in [-0.4, -0.2) is 37.2 Å². The second-order valence-electron chi connectivity index (χ2n) is 15.5. The van der Waals surface area contributed by atoms with E-state index >= 15 is 0 Å². The Kier molecular flexibility index (Phi) is 13.4. The molecule has 64 heavy (non-hydrogen) atoms. The van der Waals surface area contributed by atoms with Gasteiger partial charge in [-0.2, -0.15) is 5.26 Å². The molecular weight excluding hydrogens is 795 g/mol. The lowest BCUT2D eigenvalue weighted by Crippen LogP contribution is -2.32. The normalized spacial score (nSPS) is 14.8. The molecular formula is C57H47NO6. The van der Waals surface area contributed by atoms with Crippen molar-refractivity contribution in [3.63, 3.8) is 0 Å². The van der Waals surface area contributed by atoms with E-state index in [-0.39, 0.29) is 16.9 Å². The number of fused-ring (bicyclic) bond motifs is 2. The number of Topliss-reactive ketones (excluding diaryl/α,β-unsaturated/α-hetero) is 1. The van der Waals surface area contributed by atoms with E-state index in [2.05, 4.69) is 30.3 Å². The molecule has 9 rings (SSSR count). The van der Waals surface area contributed by atoms with Gasteiger partial charge in [-0.3, -0.25) is 4.79 Å². The van der Waals surface area contributed by atoms with E-state index in [0.717, 1.165) is 47.9 Å². The maximum atomic E-state index is 13.2. The van der Waals surface area contributed by atoms with E-state index in [1.54, 1.807) is 6.07 Å². The zero-order valence-electron chi connectivity index (χ0n) is 35.6. The van der Waals surface area contributed by atoms with Crippen LogP contribution in [0.3, 0.4) is 0 Å². The average Bonchev–Trinajstić information content (AvgIpc) is 3.80. The molecule has 0 fully saturated rings. The SMILES string of the molecule is COC(=O)C1=C(c2ccccc2)c2ccc(OCCCc3ccccc3)cc2C1(O)c1ccccc1.N#CC1=C(c2ccccc2)c2ccc(OCCCc3ccccc3)cc2C1=O. The number of hydrogen-bond acceptors (Lipinski definition) is 7. The number of esters is 1. The number of ketones is 1. The Hall–Kier alpha value is -7.79. The van der Waals surface area contributed by atoms with Crippen molar-refractivity contribution < 1.29 is 28.9 Å². The average molecular weight is 842 g/mol. The summed E-state index contributed by atoms with van der Waals surface area (Å²) in [5.41, 5.74) is 7.68. The summed E-state index contributed by atoms with van der Waals surface area (Å²) in [7, 11) is 1.34. The number of rotatable bonds is 14. The van der Waals surface area contributed by atoms with Crippen molar-refractivity contribution in [2.75, 3.05) is 20.3 Å². The quantitative estimate of drug-likeness (QED) is 0.0858. The summed E-state index contributed by atoms with van der Waals surface area (Å²) >= 11 is 0. The van der Waals surface area contributed by atoms with Crippen LogP contribution < -0.4 is 9.47 Å². The Morgan fingerprint density at radius 1 is 0.578 bits per heavy atom. The van der Waals surface area contributed by atoms with Crippen LogP contribution in [0.4, 0.5) is 0 Å². The van der Waals surface area contributed by atoms with Crippen LogP contribution in [0.5, 0.6) is 11.5 Å². The van der Waals surface area contributed by atoms with Crippen LogP contribution in [0.25, 0.3) is 11.1 Å². The number of allylic oxidation sites excluding steroid dienone is 1. The van der Waals surface area contributed by atoms with E-state index in [1.165, 1.54) is 18.2 Å². The molecule has 316 valence electrons. The van der Waals surface area contributed by atoms with Gasteiger partial charge in [-0.25, -0.2) is 4.79 Å². The minimum absolute atomic E-state index is 0.197. The molecule has 0 bridgehead atoms. The van der Waals surface area contributed by atoms with Crippen molar-refractivity contribution >= 4 is 22.9 Å². The first-order valence-electron chi connectivity index (χ1n) is 21.4. The molecule has 0 aromatic heterocycles. The van der Waals surface area contributed by atoms with Crippen molar-refractivity contribution in [1.29, 1.82) is 5.26 Å². The van der Waals surface area contributed by atoms with Crippen molar-refractivity contribution in [2.45, 2.75) is 31.3 Å². The van der Waals surface area contributed by atoms with E-state index in [1.807, 2.05) is 158 Å². The molecule has 0 heterocycles. The van der Waals surface area contributed by atoms with Crippen LogP contribution in [0, 0.1) is 11.3 Å². The molecule has 1 unspecified atom stereocenters. The molecule has 7 heteroatoms. The van der Waals surface area contributed by atoms with Crippen LogP contribution in [0.15, 0.2) is 199 Å². The maximum absolute atomic E-state index is 13.2. The predicted molar refractivity (Wildman–Crippen MR) is 250 cm³/mol. The minimum atomic E-state index is -1.68. The number of aryl methyl sites for hydroxylation is 2. The van der Waals surface area contributed by atoms with Gasteiger partial charge < -0.3 is 19.3 Å². The highest BCUT2D eigenvalue weighted by Gasteiger charge is 2.49. The van der Waals surface area contributed by atoms with Gasteiger partial charge in [-0.1, -0.05) is 158 Å². The molecule has 7 nitrogen and oxygen atoms in total. The Balaban J connectivity index is 0.000000181. The zero-order valence-corrected chi connectivity index (χ0v) is 35.6. The molecule has 0 radical (unpaired) electrons. The fourth-order valence-electron chi connectivity index (χ4n) is 8.45. The number of nitrogens with zero attached hydrogens (tertiary/aromatic N) is 1. The van der Waals surface area contributed by atoms with Gasteiger partial charge in [0.1, 0.15) is 28.7 Å². The molecule has 1 N–H and O–H groups in total. The highest BCUT2D eigenvalue weighted by Crippen LogP contribution is 2.52. The van der Waals surface area contributed by atoms with Gasteiger partial charge in [0.15, 0.2) is 0 Å². The van der Waals surface area contributed by atoms with Crippen LogP contribution in [0.2, 0.25) is 0 Å². The van der Waals surface area contributed by atoms with E-state index in [4.69, 9.17) is 14.2 Å². The molecule has 0 spiro atoms. The molecule has 2 aliphatic carbocycles. The minimum Gasteiger partial charge on any atom is -0.494 e. The molecule has 2 aliphatic rings. The number of ether oxygens (including phenoxy) is 3. The molecule has 7 aromatic rings. The maximum Gasteiger partial charge on any atom is 0.338 e. The number of carbonyl (C=O) groups excluding carboxylic acids is 2. The molecule has 7 aromatic carbocycles. The topological polar surface area (TPSA) is 106 Å². The standard InChI is InChI=1S/C32H28O4.C25H19NO2/c1-35-31(33)30-29(24-15-7-3-8-16-24)27-20-19-26(36-21-11-14-23-12-5-2-6-13-23)22-28(27)32(30,34)25-17-9-4-10-18-25;26-17-23-24(19-11-5-2-6-12-19)21-14-13-20(16-22(21)25(23)27)28-15-7-10-18-8-3-1-4-9-18/h2-10,12-13,15-20,22,34H,11,14,21H2,1H3;1-6,8-9,11-14,16H,7,10,15H2. The second kappa shape index (κ2) is 19.9. The summed E-state index contributed by atoms with van der Waals surface area (Å²) in [5, 5.41) is 21.9. The molecule has 0 saturated carbocycles. The number of aliphatic hydroxyl groups is 1. The van der Waals surface area contributed by atoms with Gasteiger partial charge in [0.25, 0.3) is 0 Å². The highest BCUT2D eigenvalue weighted by molar-refractivity contribution is 6.25. The Morgan fingerprint density at radius 3 is 1.56 bits per heavy atom. The molecule has 1 atom stereocenters. The van der Waals surface area contributed by atoms with Gasteiger partial charge in [-0.15, -0.1) is 0 Å². The second-order valence-corrected chi connectivity index (χ2v) is 15.5. The molecule has 0 amide bonds. The summed E-state index contributed by atoms with van der Waals surface area (Å²) < 4.78 is 17.2. The number of carbonyl (C=O) groups is 2. The van der Waals surface area contributed by atoms with Gasteiger partial charge in [-0.05, 0) is 95.0 Å². The summed E-state index contributed by atoms with van der Waals surface area (Å²) in [6.45, 7) is 1.12. The number of hydrogen-bond donors (Lipinski definition) is 1. The van der Waals surface area contributed by atoms with Gasteiger partial charge in [0.2, 0.25) is 5.78 Å².